The van der Waals surface area contributed by atoms with Crippen LogP contribution in [0.25, 0.3) is 0 Å². The van der Waals surface area contributed by atoms with Crippen molar-refractivity contribution >= 4 is 23.6 Å². The molecule has 1 aliphatic rings. The Labute approximate surface area is 123 Å². The summed E-state index contributed by atoms with van der Waals surface area (Å²) in [6.45, 7) is 0. The fourth-order valence-corrected chi connectivity index (χ4v) is 2.99. The van der Waals surface area contributed by atoms with Gasteiger partial charge in [-0.05, 0) is 12.8 Å². The number of nitrogens with two attached hydrogens (primary N) is 1. The zero-order valence-corrected chi connectivity index (χ0v) is 12.5. The maximum Gasteiger partial charge on any atom is 0.323 e. The summed E-state index contributed by atoms with van der Waals surface area (Å²) >= 11 is 1.26. The monoisotopic (exact) mass is 299 g/mol. The van der Waals surface area contributed by atoms with E-state index >= 15 is 0 Å². The number of thioether (sulfide) groups is 1. The van der Waals surface area contributed by atoms with Crippen molar-refractivity contribution in [2.45, 2.75) is 43.7 Å². The first kappa shape index (κ1) is 16.8. The third-order valence-corrected chi connectivity index (χ3v) is 4.40. The number of methoxy groups -OCH3 is 1. The van der Waals surface area contributed by atoms with Crippen molar-refractivity contribution in [2.24, 2.45) is 5.73 Å². The van der Waals surface area contributed by atoms with Gasteiger partial charge in [0.25, 0.3) is 0 Å². The molecule has 0 aromatic heterocycles. The zero-order chi connectivity index (χ0) is 15.0. The van der Waals surface area contributed by atoms with Crippen molar-refractivity contribution in [2.75, 3.05) is 18.6 Å². The molecule has 0 saturated heterocycles. The number of nitrogens with zero attached hydrogens (tertiary/aromatic N) is 1. The van der Waals surface area contributed by atoms with Crippen LogP contribution in [0.3, 0.4) is 0 Å². The number of hydrogen-bond acceptors (Lipinski definition) is 6. The molecular formula is C13H21N3O3S. The molecule has 112 valence electrons. The van der Waals surface area contributed by atoms with Crippen molar-refractivity contribution in [3.63, 3.8) is 0 Å². The third-order valence-electron chi connectivity index (χ3n) is 3.33. The van der Waals surface area contributed by atoms with Crippen LogP contribution in [-0.2, 0) is 14.3 Å². The molecule has 1 aliphatic carbocycles. The number of amides is 1. The molecule has 1 saturated carbocycles. The lowest BCUT2D eigenvalue weighted by Crippen LogP contribution is -2.49. The van der Waals surface area contributed by atoms with Crippen LogP contribution < -0.4 is 11.1 Å². The molecule has 0 aromatic carbocycles. The summed E-state index contributed by atoms with van der Waals surface area (Å²) < 4.78 is 4.50. The van der Waals surface area contributed by atoms with E-state index in [9.17, 15) is 14.9 Å². The molecule has 6 nitrogen and oxygen atoms in total. The molecule has 20 heavy (non-hydrogen) atoms. The highest BCUT2D eigenvalue weighted by Crippen LogP contribution is 2.27. The van der Waals surface area contributed by atoms with Gasteiger partial charge in [0.15, 0.2) is 0 Å². The van der Waals surface area contributed by atoms with Gasteiger partial charge in [0.05, 0.1) is 18.9 Å². The molecule has 1 rings (SSSR count). The highest BCUT2D eigenvalue weighted by molar-refractivity contribution is 8.00. The molecule has 7 heteroatoms. The van der Waals surface area contributed by atoms with Crippen LogP contribution >= 0.6 is 11.8 Å². The Bertz CT molecular complexity index is 389. The topological polar surface area (TPSA) is 105 Å². The van der Waals surface area contributed by atoms with Crippen LogP contribution in [0.1, 0.15) is 32.1 Å². The number of esters is 1. The number of hydrogen-bond donors (Lipinski definition) is 2. The predicted octanol–water partition coefficient (Wildman–Crippen LogP) is 0.563. The minimum Gasteiger partial charge on any atom is -0.468 e. The fourth-order valence-electron chi connectivity index (χ4n) is 2.22. The molecule has 0 aliphatic heterocycles. The molecule has 1 fully saturated rings. The van der Waals surface area contributed by atoms with E-state index in [1.54, 1.807) is 0 Å². The van der Waals surface area contributed by atoms with E-state index in [2.05, 4.69) is 16.1 Å². The lowest BCUT2D eigenvalue weighted by molar-refractivity contribution is -0.141. The normalized spacial score (nSPS) is 18.6. The molecule has 1 unspecified atom stereocenters. The Morgan fingerprint density at radius 3 is 2.65 bits per heavy atom. The van der Waals surface area contributed by atoms with Gasteiger partial charge in [-0.25, -0.2) is 0 Å². The predicted molar refractivity (Wildman–Crippen MR) is 76.9 cm³/mol. The van der Waals surface area contributed by atoms with E-state index in [0.717, 1.165) is 19.3 Å². The van der Waals surface area contributed by atoms with Crippen molar-refractivity contribution < 1.29 is 14.3 Å². The first-order valence-electron chi connectivity index (χ1n) is 6.66. The number of nitriles is 1. The number of nitrogens with one attached hydrogen (secondary N) is 1. The van der Waals surface area contributed by atoms with Crippen molar-refractivity contribution in [1.82, 2.24) is 5.32 Å². The summed E-state index contributed by atoms with van der Waals surface area (Å²) in [5.74, 6) is -0.164. The summed E-state index contributed by atoms with van der Waals surface area (Å²) in [7, 11) is 1.28. The van der Waals surface area contributed by atoms with Crippen LogP contribution in [0.5, 0.6) is 0 Å². The molecule has 0 heterocycles. The van der Waals surface area contributed by atoms with Crippen molar-refractivity contribution in [1.29, 1.82) is 5.26 Å². The van der Waals surface area contributed by atoms with Gasteiger partial charge < -0.3 is 15.8 Å². The third kappa shape index (κ3) is 5.02. The van der Waals surface area contributed by atoms with Crippen LogP contribution in [0.4, 0.5) is 0 Å². The Balaban J connectivity index is 2.33. The largest absolute Gasteiger partial charge is 0.468 e. The minimum atomic E-state index is -0.725. The second-order valence-electron chi connectivity index (χ2n) is 4.95. The van der Waals surface area contributed by atoms with Gasteiger partial charge in [-0.15, -0.1) is 11.8 Å². The Morgan fingerprint density at radius 2 is 2.10 bits per heavy atom. The van der Waals surface area contributed by atoms with Crippen LogP contribution in [-0.4, -0.2) is 42.1 Å². The standard InChI is InChI=1S/C13H21N3O3S/c1-19-12(18)10(15)7-20-8-11(17)16-13(9-14)5-3-2-4-6-13/h10H,2-8,15H2,1H3,(H,16,17). The van der Waals surface area contributed by atoms with Gasteiger partial charge in [-0.2, -0.15) is 5.26 Å². The summed E-state index contributed by atoms with van der Waals surface area (Å²) in [5, 5.41) is 12.1. The second-order valence-corrected chi connectivity index (χ2v) is 5.98. The maximum atomic E-state index is 11.9. The molecule has 1 atom stereocenters. The fraction of sp³-hybridized carbons (Fsp3) is 0.769. The van der Waals surface area contributed by atoms with Crippen LogP contribution in [0.15, 0.2) is 0 Å². The van der Waals surface area contributed by atoms with E-state index in [4.69, 9.17) is 5.73 Å². The number of rotatable bonds is 6. The van der Waals surface area contributed by atoms with Gasteiger partial charge in [-0.1, -0.05) is 19.3 Å². The highest BCUT2D eigenvalue weighted by atomic mass is 32.2. The lowest BCUT2D eigenvalue weighted by Gasteiger charge is -2.31. The summed E-state index contributed by atoms with van der Waals surface area (Å²) in [4.78, 5) is 23.0. The number of carbonyl (C=O) groups is 2. The Hall–Kier alpha value is -1.26. The number of ether oxygens (including phenoxy) is 1. The molecule has 1 amide bonds. The SMILES string of the molecule is COC(=O)C(N)CSCC(=O)NC1(C#N)CCCCC1. The van der Waals surface area contributed by atoms with Gasteiger partial charge in [-0.3, -0.25) is 9.59 Å². The molecule has 0 radical (unpaired) electrons. The first-order chi connectivity index (χ1) is 9.53. The minimum absolute atomic E-state index is 0.185. The average molecular weight is 299 g/mol. The quantitative estimate of drug-likeness (QED) is 0.694. The van der Waals surface area contributed by atoms with Crippen molar-refractivity contribution in [3.8, 4) is 6.07 Å². The molecule has 3 N–H and O–H groups in total. The molecule has 0 aromatic rings. The summed E-state index contributed by atoms with van der Waals surface area (Å²) in [5.41, 5.74) is 4.86. The first-order valence-corrected chi connectivity index (χ1v) is 7.82. The van der Waals surface area contributed by atoms with E-state index < -0.39 is 17.6 Å². The lowest BCUT2D eigenvalue weighted by atomic mass is 9.83. The van der Waals surface area contributed by atoms with Gasteiger partial charge >= 0.3 is 5.97 Å². The Morgan fingerprint density at radius 1 is 1.45 bits per heavy atom. The molecule has 0 spiro atoms. The Kier molecular flexibility index (Phi) is 6.82. The van der Waals surface area contributed by atoms with Gasteiger partial charge in [0.1, 0.15) is 11.6 Å². The molecule has 0 bridgehead atoms. The molecular weight excluding hydrogens is 278 g/mol. The second kappa shape index (κ2) is 8.12. The number of carbonyl (C=O) groups excluding carboxylic acids is 2. The van der Waals surface area contributed by atoms with Gasteiger partial charge in [0, 0.05) is 5.75 Å². The average Bonchev–Trinajstić information content (AvgIpc) is 2.47. The van der Waals surface area contributed by atoms with Crippen LogP contribution in [0.2, 0.25) is 0 Å². The van der Waals surface area contributed by atoms with Gasteiger partial charge in [0.2, 0.25) is 5.91 Å². The maximum absolute atomic E-state index is 11.9. The van der Waals surface area contributed by atoms with Crippen LogP contribution in [0, 0.1) is 11.3 Å². The van der Waals surface area contributed by atoms with E-state index in [1.807, 2.05) is 0 Å². The highest BCUT2D eigenvalue weighted by Gasteiger charge is 2.33. The van der Waals surface area contributed by atoms with E-state index in [-0.39, 0.29) is 11.7 Å². The van der Waals surface area contributed by atoms with Crippen molar-refractivity contribution in [3.05, 3.63) is 0 Å². The smallest absolute Gasteiger partial charge is 0.323 e. The summed E-state index contributed by atoms with van der Waals surface area (Å²) in [6.07, 6.45) is 4.47. The van der Waals surface area contributed by atoms with E-state index in [0.29, 0.717) is 18.6 Å². The summed E-state index contributed by atoms with van der Waals surface area (Å²) in [6, 6.07) is 1.51. The van der Waals surface area contributed by atoms with E-state index in [1.165, 1.54) is 18.9 Å². The zero-order valence-electron chi connectivity index (χ0n) is 11.7.